The minimum Gasteiger partial charge on any atom is -0.481 e. The van der Waals surface area contributed by atoms with Crippen molar-refractivity contribution in [3.63, 3.8) is 0 Å². The number of amides is 1. The zero-order valence-corrected chi connectivity index (χ0v) is 15.9. The Balaban J connectivity index is 1.33. The van der Waals surface area contributed by atoms with Gasteiger partial charge in [0.15, 0.2) is 0 Å². The molecule has 0 aromatic heterocycles. The van der Waals surface area contributed by atoms with Crippen LogP contribution in [0.15, 0.2) is 0 Å². The highest BCUT2D eigenvalue weighted by atomic mass is 16.4. The lowest BCUT2D eigenvalue weighted by molar-refractivity contribution is -0.138. The number of aliphatic carboxylic acids is 1. The molecule has 2 N–H and O–H groups in total. The van der Waals surface area contributed by atoms with E-state index in [9.17, 15) is 9.59 Å². The van der Waals surface area contributed by atoms with Gasteiger partial charge in [-0.2, -0.15) is 0 Å². The number of hydrogen-bond acceptors (Lipinski definition) is 5. The molecule has 3 saturated heterocycles. The van der Waals surface area contributed by atoms with Crippen molar-refractivity contribution in [2.24, 2.45) is 5.92 Å². The molecule has 3 rings (SSSR count). The van der Waals surface area contributed by atoms with Crippen molar-refractivity contribution >= 4 is 11.9 Å². The van der Waals surface area contributed by atoms with Gasteiger partial charge in [-0.1, -0.05) is 0 Å². The molecular weight excluding hydrogens is 332 g/mol. The summed E-state index contributed by atoms with van der Waals surface area (Å²) >= 11 is 0. The Morgan fingerprint density at radius 2 is 1.58 bits per heavy atom. The van der Waals surface area contributed by atoms with Crippen LogP contribution in [0.5, 0.6) is 0 Å². The maximum Gasteiger partial charge on any atom is 0.303 e. The summed E-state index contributed by atoms with van der Waals surface area (Å²) in [6.45, 7) is 8.52. The molecule has 0 aromatic carbocycles. The SMILES string of the molecule is O=C(O)CCC1CCN(C(=O)CN2CCN(C3CCNCC3)CC2)CC1. The van der Waals surface area contributed by atoms with Crippen LogP contribution in [0, 0.1) is 5.92 Å². The second-order valence-electron chi connectivity index (χ2n) is 8.05. The molecule has 1 amide bonds. The zero-order valence-electron chi connectivity index (χ0n) is 15.9. The normalized spacial score (nSPS) is 24.7. The number of piperazine rings is 1. The number of nitrogens with one attached hydrogen (secondary N) is 1. The summed E-state index contributed by atoms with van der Waals surface area (Å²) in [7, 11) is 0. The molecule has 0 bridgehead atoms. The van der Waals surface area contributed by atoms with E-state index >= 15 is 0 Å². The van der Waals surface area contributed by atoms with Crippen LogP contribution in [0.3, 0.4) is 0 Å². The number of piperidine rings is 2. The van der Waals surface area contributed by atoms with Gasteiger partial charge in [0.25, 0.3) is 0 Å². The van der Waals surface area contributed by atoms with E-state index in [0.717, 1.165) is 77.7 Å². The number of carboxylic acid groups (broad SMARTS) is 1. The van der Waals surface area contributed by atoms with Gasteiger partial charge in [0.2, 0.25) is 5.91 Å². The molecule has 0 atom stereocenters. The van der Waals surface area contributed by atoms with E-state index in [0.29, 0.717) is 12.5 Å². The molecule has 7 nitrogen and oxygen atoms in total. The van der Waals surface area contributed by atoms with Crippen molar-refractivity contribution in [2.75, 3.05) is 58.9 Å². The van der Waals surface area contributed by atoms with Gasteiger partial charge >= 0.3 is 5.97 Å². The first-order valence-electron chi connectivity index (χ1n) is 10.3. The van der Waals surface area contributed by atoms with Gasteiger partial charge in [-0.15, -0.1) is 0 Å². The molecule has 0 spiro atoms. The fourth-order valence-corrected chi connectivity index (χ4v) is 4.55. The Morgan fingerprint density at radius 3 is 2.19 bits per heavy atom. The first kappa shape index (κ1) is 19.6. The smallest absolute Gasteiger partial charge is 0.303 e. The lowest BCUT2D eigenvalue weighted by Gasteiger charge is -2.41. The molecule has 3 fully saturated rings. The van der Waals surface area contributed by atoms with E-state index < -0.39 is 5.97 Å². The Kier molecular flexibility index (Phi) is 7.28. The van der Waals surface area contributed by atoms with Crippen molar-refractivity contribution in [3.8, 4) is 0 Å². The van der Waals surface area contributed by atoms with Gasteiger partial charge < -0.3 is 15.3 Å². The number of likely N-dealkylation sites (tertiary alicyclic amines) is 1. The van der Waals surface area contributed by atoms with Crippen molar-refractivity contribution < 1.29 is 14.7 Å². The van der Waals surface area contributed by atoms with Gasteiger partial charge in [-0.05, 0) is 51.1 Å². The van der Waals surface area contributed by atoms with Crippen LogP contribution in [0.4, 0.5) is 0 Å². The third-order valence-corrected chi connectivity index (χ3v) is 6.32. The molecule has 26 heavy (non-hydrogen) atoms. The van der Waals surface area contributed by atoms with Crippen LogP contribution in [0.2, 0.25) is 0 Å². The average Bonchev–Trinajstić information content (AvgIpc) is 2.68. The Morgan fingerprint density at radius 1 is 0.923 bits per heavy atom. The van der Waals surface area contributed by atoms with Crippen molar-refractivity contribution in [1.82, 2.24) is 20.0 Å². The topological polar surface area (TPSA) is 76.1 Å². The molecule has 3 aliphatic heterocycles. The van der Waals surface area contributed by atoms with Crippen molar-refractivity contribution in [2.45, 2.75) is 44.6 Å². The fraction of sp³-hybridized carbons (Fsp3) is 0.895. The maximum atomic E-state index is 12.6. The first-order chi connectivity index (χ1) is 12.6. The molecule has 0 unspecified atom stereocenters. The van der Waals surface area contributed by atoms with E-state index in [1.54, 1.807) is 0 Å². The number of carbonyl (C=O) groups is 2. The van der Waals surface area contributed by atoms with Gasteiger partial charge in [-0.25, -0.2) is 0 Å². The number of rotatable bonds is 6. The second kappa shape index (κ2) is 9.67. The predicted octanol–water partition coefficient (Wildman–Crippen LogP) is 0.459. The zero-order chi connectivity index (χ0) is 18.4. The number of nitrogens with zero attached hydrogens (tertiary/aromatic N) is 3. The van der Waals surface area contributed by atoms with E-state index in [2.05, 4.69) is 15.1 Å². The van der Waals surface area contributed by atoms with Gasteiger partial charge in [0.05, 0.1) is 6.54 Å². The van der Waals surface area contributed by atoms with Crippen LogP contribution in [0.1, 0.15) is 38.5 Å². The van der Waals surface area contributed by atoms with Gasteiger partial charge in [0.1, 0.15) is 0 Å². The predicted molar refractivity (Wildman–Crippen MR) is 100 cm³/mol. The molecule has 3 aliphatic rings. The van der Waals surface area contributed by atoms with E-state index in [1.807, 2.05) is 4.90 Å². The van der Waals surface area contributed by atoms with E-state index in [1.165, 1.54) is 12.8 Å². The standard InChI is InChI=1S/C19H34N4O3/c24-18(23-9-5-16(6-10-23)1-2-19(25)26)15-21-11-13-22(14-12-21)17-3-7-20-8-4-17/h16-17,20H,1-15H2,(H,25,26). The second-order valence-corrected chi connectivity index (χ2v) is 8.05. The highest BCUT2D eigenvalue weighted by Gasteiger charge is 2.28. The van der Waals surface area contributed by atoms with Crippen LogP contribution in [0.25, 0.3) is 0 Å². The summed E-state index contributed by atoms with van der Waals surface area (Å²) in [6.07, 6.45) is 5.38. The van der Waals surface area contributed by atoms with E-state index in [-0.39, 0.29) is 12.3 Å². The lowest BCUT2D eigenvalue weighted by atomic mass is 9.92. The Bertz CT molecular complexity index is 465. The average molecular weight is 367 g/mol. The van der Waals surface area contributed by atoms with Gasteiger partial charge in [-0.3, -0.25) is 19.4 Å². The summed E-state index contributed by atoms with van der Waals surface area (Å²) in [5.41, 5.74) is 0. The molecule has 148 valence electrons. The van der Waals surface area contributed by atoms with Crippen molar-refractivity contribution in [1.29, 1.82) is 0 Å². The minimum absolute atomic E-state index is 0.247. The van der Waals surface area contributed by atoms with Crippen LogP contribution in [-0.4, -0.2) is 96.6 Å². The molecule has 0 aromatic rings. The number of hydrogen-bond donors (Lipinski definition) is 2. The fourth-order valence-electron chi connectivity index (χ4n) is 4.55. The highest BCUT2D eigenvalue weighted by molar-refractivity contribution is 5.78. The van der Waals surface area contributed by atoms with Crippen LogP contribution >= 0.6 is 0 Å². The quantitative estimate of drug-likeness (QED) is 0.711. The summed E-state index contributed by atoms with van der Waals surface area (Å²) in [6, 6.07) is 0.721. The molecule has 0 radical (unpaired) electrons. The highest BCUT2D eigenvalue weighted by Crippen LogP contribution is 2.22. The largest absolute Gasteiger partial charge is 0.481 e. The Labute approximate surface area is 156 Å². The summed E-state index contributed by atoms with van der Waals surface area (Å²) in [4.78, 5) is 30.2. The minimum atomic E-state index is -0.716. The first-order valence-corrected chi connectivity index (χ1v) is 10.3. The molecular formula is C19H34N4O3. The van der Waals surface area contributed by atoms with Crippen LogP contribution in [-0.2, 0) is 9.59 Å². The van der Waals surface area contributed by atoms with E-state index in [4.69, 9.17) is 5.11 Å². The summed E-state index contributed by atoms with van der Waals surface area (Å²) < 4.78 is 0. The third kappa shape index (κ3) is 5.66. The molecule has 0 saturated carbocycles. The Hall–Kier alpha value is -1.18. The number of carbonyl (C=O) groups excluding carboxylic acids is 1. The lowest BCUT2D eigenvalue weighted by Crippen LogP contribution is -2.54. The summed E-state index contributed by atoms with van der Waals surface area (Å²) in [5, 5.41) is 12.2. The van der Waals surface area contributed by atoms with Crippen molar-refractivity contribution in [3.05, 3.63) is 0 Å². The van der Waals surface area contributed by atoms with Crippen LogP contribution < -0.4 is 5.32 Å². The molecule has 0 aliphatic carbocycles. The molecule has 3 heterocycles. The summed E-state index contributed by atoms with van der Waals surface area (Å²) in [5.74, 6) is -0.00665. The maximum absolute atomic E-state index is 12.6. The number of carboxylic acids is 1. The third-order valence-electron chi connectivity index (χ3n) is 6.32. The van der Waals surface area contributed by atoms with Gasteiger partial charge in [0, 0.05) is 51.7 Å². The molecule has 7 heteroatoms. The monoisotopic (exact) mass is 366 g/mol.